The van der Waals surface area contributed by atoms with E-state index >= 15 is 0 Å². The van der Waals surface area contributed by atoms with Crippen LogP contribution in [-0.2, 0) is 14.4 Å². The molecular weight excluding hydrogens is 641 g/mol. The minimum atomic E-state index is -1.33. The predicted molar refractivity (Wildman–Crippen MR) is 188 cm³/mol. The highest BCUT2D eigenvalue weighted by Gasteiger charge is 2.61. The van der Waals surface area contributed by atoms with Gasteiger partial charge in [-0.1, -0.05) is 31.4 Å². The number of hydrogen-bond acceptors (Lipinski definition) is 8. The van der Waals surface area contributed by atoms with Gasteiger partial charge in [0, 0.05) is 47.8 Å². The highest BCUT2D eigenvalue weighted by molar-refractivity contribution is 7.10. The van der Waals surface area contributed by atoms with Crippen LogP contribution in [0, 0.1) is 24.7 Å². The Morgan fingerprint density at radius 1 is 1.04 bits per heavy atom. The van der Waals surface area contributed by atoms with E-state index < -0.39 is 35.4 Å². The smallest absolute Gasteiger partial charge is 0.330 e. The molecular formula is C38H46N4O6S. The lowest BCUT2D eigenvalue weighted by atomic mass is 9.90. The Morgan fingerprint density at radius 2 is 1.84 bits per heavy atom. The molecule has 0 spiro atoms. The van der Waals surface area contributed by atoms with Gasteiger partial charge in [0.1, 0.15) is 23.1 Å². The molecule has 7 rings (SSSR count). The van der Waals surface area contributed by atoms with Gasteiger partial charge in [-0.25, -0.2) is 14.8 Å². The number of methoxy groups -OCH3 is 1. The molecule has 10 nitrogen and oxygen atoms in total. The van der Waals surface area contributed by atoms with Crippen molar-refractivity contribution in [2.24, 2.45) is 17.8 Å². The van der Waals surface area contributed by atoms with Gasteiger partial charge in [-0.2, -0.15) is 0 Å². The standard InChI is InChI=1S/C38H46N4O6S/c1-22-31(47-3)15-14-26-32(19-29(39-33(22)26)30-21-49-35(40-30)23-11-7-6-8-12-23)48-25-17-27-28(18-25)36(44)42(2)16-10-5-4-9-13-24-20-38(24,37(45)46)41-34(27)43/h9,13-15,19,21,23-25,27-28H,4-8,10-12,16-18,20H2,1-3H3,(H,41,43)(H,45,46)/t24-,25-,27-,28-,38?/m1/s1. The van der Waals surface area contributed by atoms with Gasteiger partial charge in [-0.15, -0.1) is 11.3 Å². The van der Waals surface area contributed by atoms with Crippen molar-refractivity contribution >= 4 is 40.0 Å². The van der Waals surface area contributed by atoms with E-state index in [0.717, 1.165) is 52.2 Å². The second kappa shape index (κ2) is 13.7. The van der Waals surface area contributed by atoms with Crippen LogP contribution >= 0.6 is 11.3 Å². The number of rotatable bonds is 6. The van der Waals surface area contributed by atoms with Crippen molar-refractivity contribution in [1.29, 1.82) is 0 Å². The Labute approximate surface area is 291 Å². The summed E-state index contributed by atoms with van der Waals surface area (Å²) in [5, 5.41) is 17.0. The first-order valence-corrected chi connectivity index (χ1v) is 18.6. The molecule has 2 aromatic heterocycles. The minimum Gasteiger partial charge on any atom is -0.496 e. The van der Waals surface area contributed by atoms with Gasteiger partial charge in [-0.3, -0.25) is 9.59 Å². The van der Waals surface area contributed by atoms with Gasteiger partial charge in [0.05, 0.1) is 40.9 Å². The van der Waals surface area contributed by atoms with E-state index in [4.69, 9.17) is 19.4 Å². The van der Waals surface area contributed by atoms with Gasteiger partial charge >= 0.3 is 5.97 Å². The number of ether oxygens (including phenoxy) is 2. The van der Waals surface area contributed by atoms with Crippen molar-refractivity contribution in [2.45, 2.75) is 95.1 Å². The van der Waals surface area contributed by atoms with E-state index in [9.17, 15) is 19.5 Å². The van der Waals surface area contributed by atoms with Crippen LogP contribution < -0.4 is 14.8 Å². The number of aromatic nitrogens is 2. The summed E-state index contributed by atoms with van der Waals surface area (Å²) in [5.74, 6) is -1.31. The second-order valence-corrected chi connectivity index (χ2v) is 15.3. The third-order valence-corrected chi connectivity index (χ3v) is 12.2. The molecule has 11 heteroatoms. The molecule has 1 unspecified atom stereocenters. The van der Waals surface area contributed by atoms with Crippen LogP contribution in [0.4, 0.5) is 0 Å². The summed E-state index contributed by atoms with van der Waals surface area (Å²) in [6, 6.07) is 5.77. The maximum atomic E-state index is 13.9. The number of hydrogen-bond donors (Lipinski definition) is 2. The van der Waals surface area contributed by atoms with Crippen molar-refractivity contribution in [3.8, 4) is 22.9 Å². The summed E-state index contributed by atoms with van der Waals surface area (Å²) in [4.78, 5) is 52.0. The van der Waals surface area contributed by atoms with Crippen LogP contribution in [-0.4, -0.2) is 70.1 Å². The number of allylic oxidation sites excluding steroid dienone is 1. The number of aliphatic carboxylic acids is 1. The number of fused-ring (bicyclic) bond motifs is 3. The van der Waals surface area contributed by atoms with Gasteiger partial charge in [0.25, 0.3) is 0 Å². The molecule has 2 amide bonds. The number of carbonyl (C=O) groups excluding carboxylic acids is 2. The SMILES string of the molecule is COc1ccc2c(O[C@@H]3C[C@H]4C(=O)NC5(C(=O)O)C[C@H]5C=CCCCCN(C)C(=O)[C@@H]4C3)cc(-c3csc(C4CCCCC4)n3)nc2c1C. The molecule has 0 saturated heterocycles. The Morgan fingerprint density at radius 3 is 2.61 bits per heavy atom. The molecule has 5 atom stereocenters. The predicted octanol–water partition coefficient (Wildman–Crippen LogP) is 6.65. The summed E-state index contributed by atoms with van der Waals surface area (Å²) in [6.45, 7) is 2.58. The topological polar surface area (TPSA) is 131 Å². The van der Waals surface area contributed by atoms with Crippen LogP contribution in [0.15, 0.2) is 35.7 Å². The molecule has 4 aliphatic rings. The molecule has 260 valence electrons. The lowest BCUT2D eigenvalue weighted by Gasteiger charge is -2.26. The first-order chi connectivity index (χ1) is 23.7. The number of carboxylic acids is 1. The van der Waals surface area contributed by atoms with Crippen LogP contribution in [0.3, 0.4) is 0 Å². The van der Waals surface area contributed by atoms with Crippen molar-refractivity contribution in [1.82, 2.24) is 20.2 Å². The van der Waals surface area contributed by atoms with Gasteiger partial charge in [-0.05, 0) is 70.4 Å². The molecule has 3 fully saturated rings. The number of nitrogens with zero attached hydrogens (tertiary/aromatic N) is 3. The van der Waals surface area contributed by atoms with Crippen LogP contribution in [0.5, 0.6) is 11.5 Å². The quantitative estimate of drug-likeness (QED) is 0.276. The van der Waals surface area contributed by atoms with E-state index in [0.29, 0.717) is 43.2 Å². The molecule has 3 saturated carbocycles. The Bertz CT molecular complexity index is 1780. The Balaban J connectivity index is 1.21. The fourth-order valence-electron chi connectivity index (χ4n) is 8.14. The van der Waals surface area contributed by atoms with Crippen molar-refractivity contribution in [3.05, 3.63) is 46.3 Å². The fourth-order valence-corrected chi connectivity index (χ4v) is 9.13. The summed E-state index contributed by atoms with van der Waals surface area (Å²) in [7, 11) is 3.43. The first-order valence-electron chi connectivity index (χ1n) is 17.8. The molecule has 0 radical (unpaired) electrons. The van der Waals surface area contributed by atoms with Gasteiger partial charge in [0.15, 0.2) is 0 Å². The third-order valence-electron chi connectivity index (χ3n) is 11.2. The van der Waals surface area contributed by atoms with E-state index in [1.165, 1.54) is 32.1 Å². The van der Waals surface area contributed by atoms with E-state index in [2.05, 4.69) is 10.7 Å². The number of benzene rings is 1. The summed E-state index contributed by atoms with van der Waals surface area (Å²) >= 11 is 1.69. The summed E-state index contributed by atoms with van der Waals surface area (Å²) in [5.41, 5.74) is 1.82. The first kappa shape index (κ1) is 33.5. The maximum absolute atomic E-state index is 13.9. The largest absolute Gasteiger partial charge is 0.496 e. The number of carbonyl (C=O) groups is 3. The van der Waals surface area contributed by atoms with Gasteiger partial charge < -0.3 is 24.8 Å². The normalized spacial score (nSPS) is 28.0. The lowest BCUT2D eigenvalue weighted by Crippen LogP contribution is -2.49. The molecule has 49 heavy (non-hydrogen) atoms. The van der Waals surface area contributed by atoms with Crippen molar-refractivity contribution < 1.29 is 29.0 Å². The molecule has 2 N–H and O–H groups in total. The molecule has 1 aromatic carbocycles. The van der Waals surface area contributed by atoms with Crippen molar-refractivity contribution in [2.75, 3.05) is 20.7 Å². The van der Waals surface area contributed by atoms with Crippen LogP contribution in [0.25, 0.3) is 22.3 Å². The molecule has 3 aromatic rings. The number of aryl methyl sites for hydroxylation is 1. The monoisotopic (exact) mass is 686 g/mol. The minimum absolute atomic E-state index is 0.103. The van der Waals surface area contributed by atoms with Crippen LogP contribution in [0.2, 0.25) is 0 Å². The molecule has 1 aliphatic heterocycles. The Hall–Kier alpha value is -3.99. The zero-order valence-electron chi connectivity index (χ0n) is 28.6. The second-order valence-electron chi connectivity index (χ2n) is 14.4. The highest BCUT2D eigenvalue weighted by atomic mass is 32.1. The zero-order chi connectivity index (χ0) is 34.3. The third kappa shape index (κ3) is 6.54. The molecule has 3 heterocycles. The molecule has 0 bridgehead atoms. The fraction of sp³-hybridized carbons (Fsp3) is 0.553. The lowest BCUT2D eigenvalue weighted by molar-refractivity contribution is -0.145. The maximum Gasteiger partial charge on any atom is 0.330 e. The van der Waals surface area contributed by atoms with E-state index in [1.807, 2.05) is 37.3 Å². The average Bonchev–Trinajstić information content (AvgIpc) is 3.40. The van der Waals surface area contributed by atoms with E-state index in [-0.39, 0.29) is 11.8 Å². The molecule has 3 aliphatic carbocycles. The zero-order valence-corrected chi connectivity index (χ0v) is 29.4. The number of nitrogens with one attached hydrogen (secondary N) is 1. The number of pyridine rings is 1. The van der Waals surface area contributed by atoms with E-state index in [1.54, 1.807) is 30.4 Å². The van der Waals surface area contributed by atoms with Crippen molar-refractivity contribution in [3.63, 3.8) is 0 Å². The average molecular weight is 687 g/mol. The number of amides is 2. The number of carboxylic acid groups (broad SMARTS) is 1. The highest BCUT2D eigenvalue weighted by Crippen LogP contribution is 2.47. The summed E-state index contributed by atoms with van der Waals surface area (Å²) < 4.78 is 12.4. The Kier molecular flexibility index (Phi) is 9.39. The summed E-state index contributed by atoms with van der Waals surface area (Å²) in [6.07, 6.45) is 13.1. The van der Waals surface area contributed by atoms with Crippen LogP contribution in [0.1, 0.15) is 87.1 Å². The number of thiazole rings is 1. The van der Waals surface area contributed by atoms with Gasteiger partial charge in [0.2, 0.25) is 11.8 Å².